The van der Waals surface area contributed by atoms with Crippen LogP contribution in [-0.4, -0.2) is 79.3 Å². The summed E-state index contributed by atoms with van der Waals surface area (Å²) in [6, 6.07) is 0. The van der Waals surface area contributed by atoms with Crippen molar-refractivity contribution >= 4 is 16.1 Å². The summed E-state index contributed by atoms with van der Waals surface area (Å²) in [7, 11) is -0.303. The first kappa shape index (κ1) is 28.6. The van der Waals surface area contributed by atoms with Crippen LogP contribution in [0.5, 0.6) is 0 Å². The average molecular weight is 550 g/mol. The Morgan fingerprint density at radius 2 is 1.79 bits per heavy atom. The van der Waals surface area contributed by atoms with Crippen LogP contribution < -0.4 is 0 Å². The highest BCUT2D eigenvalue weighted by Crippen LogP contribution is 2.67. The molecule has 1 amide bonds. The largest absolute Gasteiger partial charge is 0.393 e. The molecular formula is C30H51N3O4S. The van der Waals surface area contributed by atoms with Crippen molar-refractivity contribution in [3.8, 4) is 0 Å². The lowest BCUT2D eigenvalue weighted by molar-refractivity contribution is -0.133. The number of hydrogen-bond acceptors (Lipinski definition) is 4. The van der Waals surface area contributed by atoms with Gasteiger partial charge < -0.3 is 10.0 Å². The monoisotopic (exact) mass is 549 g/mol. The molecule has 1 heterocycles. The molecule has 1 unspecified atom stereocenters. The number of fused-ring (bicyclic) bond motifs is 5. The predicted molar refractivity (Wildman–Crippen MR) is 150 cm³/mol. The van der Waals surface area contributed by atoms with Crippen molar-refractivity contribution in [1.29, 1.82) is 0 Å². The van der Waals surface area contributed by atoms with Gasteiger partial charge in [-0.2, -0.15) is 17.0 Å². The topological polar surface area (TPSA) is 81.2 Å². The first-order valence-corrected chi connectivity index (χ1v) is 16.6. The molecule has 5 rings (SSSR count). The van der Waals surface area contributed by atoms with Crippen LogP contribution in [0.2, 0.25) is 0 Å². The van der Waals surface area contributed by atoms with E-state index in [0.29, 0.717) is 49.9 Å². The van der Waals surface area contributed by atoms with E-state index >= 15 is 0 Å². The number of aliphatic hydroxyl groups excluding tert-OH is 1. The molecule has 0 spiro atoms. The number of allylic oxidation sites excluding steroid dienone is 1. The fourth-order valence-electron chi connectivity index (χ4n) is 9.73. The van der Waals surface area contributed by atoms with Gasteiger partial charge in [0.25, 0.3) is 10.2 Å². The number of piperazine rings is 1. The van der Waals surface area contributed by atoms with Gasteiger partial charge in [-0.15, -0.1) is 0 Å². The number of carbonyl (C=O) groups excluding carboxylic acids is 1. The normalized spacial score (nSPS) is 40.8. The lowest BCUT2D eigenvalue weighted by Gasteiger charge is -2.58. The zero-order chi connectivity index (χ0) is 27.5. The van der Waals surface area contributed by atoms with Gasteiger partial charge >= 0.3 is 0 Å². The van der Waals surface area contributed by atoms with Crippen LogP contribution in [0.15, 0.2) is 11.6 Å². The van der Waals surface area contributed by atoms with Crippen molar-refractivity contribution in [2.75, 3.05) is 40.3 Å². The summed E-state index contributed by atoms with van der Waals surface area (Å²) in [6.45, 7) is 9.17. The van der Waals surface area contributed by atoms with Gasteiger partial charge in [-0.05, 0) is 98.2 Å². The third kappa shape index (κ3) is 4.79. The maximum atomic E-state index is 13.1. The van der Waals surface area contributed by atoms with E-state index in [0.717, 1.165) is 43.4 Å². The molecule has 3 saturated carbocycles. The van der Waals surface area contributed by atoms with E-state index in [4.69, 9.17) is 0 Å². The molecule has 4 fully saturated rings. The molecule has 8 atom stereocenters. The molecule has 0 bridgehead atoms. The molecule has 4 aliphatic carbocycles. The molecule has 1 N–H and O–H groups in total. The molecule has 38 heavy (non-hydrogen) atoms. The molecule has 216 valence electrons. The highest BCUT2D eigenvalue weighted by Gasteiger charge is 2.59. The SMILES string of the molecule is CC(CCC(=O)N1CCN(S(=O)(=O)N(C)C)CC1)[C@H]1CC[C@H]2[C@@H]3CC=C4C[C@@H](O)CC[C@]4(C)[C@H]3CC[C@]12C. The zero-order valence-electron chi connectivity index (χ0n) is 24.4. The zero-order valence-corrected chi connectivity index (χ0v) is 25.2. The van der Waals surface area contributed by atoms with Gasteiger partial charge in [0.05, 0.1) is 6.10 Å². The van der Waals surface area contributed by atoms with E-state index < -0.39 is 10.2 Å². The van der Waals surface area contributed by atoms with Gasteiger partial charge in [0.1, 0.15) is 0 Å². The maximum absolute atomic E-state index is 13.1. The number of rotatable bonds is 6. The standard InChI is InChI=1S/C30H51N3O4S/c1-21(6-11-28(35)32-16-18-33(19-17-32)38(36,37)31(4)5)25-9-10-26-24-8-7-22-20-23(34)12-14-29(22,2)27(24)13-15-30(25,26)3/h7,21,23-27,34H,6,8-20H2,1-5H3/t21?,23-,24-,25+,26-,27-,29-,30+/m0/s1. The first-order chi connectivity index (χ1) is 17.9. The minimum Gasteiger partial charge on any atom is -0.393 e. The minimum atomic E-state index is -3.41. The Kier molecular flexibility index (Phi) is 7.86. The summed E-state index contributed by atoms with van der Waals surface area (Å²) >= 11 is 0. The predicted octanol–water partition coefficient (Wildman–Crippen LogP) is 4.29. The van der Waals surface area contributed by atoms with Crippen LogP contribution in [-0.2, 0) is 15.0 Å². The first-order valence-electron chi connectivity index (χ1n) is 15.2. The molecule has 1 saturated heterocycles. The van der Waals surface area contributed by atoms with Crippen LogP contribution in [0, 0.1) is 40.4 Å². The van der Waals surface area contributed by atoms with Gasteiger partial charge in [-0.1, -0.05) is 32.4 Å². The Labute approximate surface area is 231 Å². The Morgan fingerprint density at radius 1 is 1.08 bits per heavy atom. The second-order valence-electron chi connectivity index (χ2n) is 14.0. The quantitative estimate of drug-likeness (QED) is 0.501. The number of amides is 1. The lowest BCUT2D eigenvalue weighted by Crippen LogP contribution is -2.53. The summed E-state index contributed by atoms with van der Waals surface area (Å²) in [5.41, 5.74) is 2.20. The third-order valence-electron chi connectivity index (χ3n) is 12.0. The molecule has 8 heteroatoms. The summed E-state index contributed by atoms with van der Waals surface area (Å²) < 4.78 is 27.5. The minimum absolute atomic E-state index is 0.144. The molecule has 0 radical (unpaired) electrons. The number of hydrogen-bond donors (Lipinski definition) is 1. The molecular weight excluding hydrogens is 498 g/mol. The Morgan fingerprint density at radius 3 is 2.47 bits per heavy atom. The molecule has 0 aromatic carbocycles. The molecule has 7 nitrogen and oxygen atoms in total. The second kappa shape index (κ2) is 10.5. The summed E-state index contributed by atoms with van der Waals surface area (Å²) in [6.07, 6.45) is 13.3. The van der Waals surface area contributed by atoms with Crippen molar-refractivity contribution in [3.05, 3.63) is 11.6 Å². The van der Waals surface area contributed by atoms with E-state index in [2.05, 4.69) is 26.8 Å². The van der Waals surface area contributed by atoms with Gasteiger partial charge in [-0.25, -0.2) is 0 Å². The van der Waals surface area contributed by atoms with Gasteiger partial charge in [0.15, 0.2) is 0 Å². The van der Waals surface area contributed by atoms with E-state index in [9.17, 15) is 18.3 Å². The highest BCUT2D eigenvalue weighted by atomic mass is 32.2. The molecule has 0 aromatic rings. The number of carbonyl (C=O) groups is 1. The summed E-state index contributed by atoms with van der Waals surface area (Å²) in [4.78, 5) is 14.9. The van der Waals surface area contributed by atoms with Crippen molar-refractivity contribution < 1.29 is 18.3 Å². The molecule has 5 aliphatic rings. The van der Waals surface area contributed by atoms with Crippen molar-refractivity contribution in [2.24, 2.45) is 40.4 Å². The Bertz CT molecular complexity index is 1040. The van der Waals surface area contributed by atoms with Gasteiger partial charge in [0.2, 0.25) is 5.91 Å². The van der Waals surface area contributed by atoms with Crippen LogP contribution in [0.3, 0.4) is 0 Å². The lowest BCUT2D eigenvalue weighted by atomic mass is 9.47. The van der Waals surface area contributed by atoms with Crippen molar-refractivity contribution in [1.82, 2.24) is 13.5 Å². The Balaban J connectivity index is 1.17. The van der Waals surface area contributed by atoms with E-state index in [-0.39, 0.29) is 17.4 Å². The van der Waals surface area contributed by atoms with E-state index in [1.807, 2.05) is 4.90 Å². The third-order valence-corrected chi connectivity index (χ3v) is 14.0. The van der Waals surface area contributed by atoms with E-state index in [1.165, 1.54) is 40.7 Å². The van der Waals surface area contributed by atoms with Gasteiger partial charge in [-0.3, -0.25) is 4.79 Å². The summed E-state index contributed by atoms with van der Waals surface area (Å²) in [5.74, 6) is 3.69. The summed E-state index contributed by atoms with van der Waals surface area (Å²) in [5, 5.41) is 10.3. The molecule has 1 aliphatic heterocycles. The second-order valence-corrected chi connectivity index (χ2v) is 16.1. The smallest absolute Gasteiger partial charge is 0.281 e. The van der Waals surface area contributed by atoms with E-state index in [1.54, 1.807) is 19.7 Å². The van der Waals surface area contributed by atoms with Crippen molar-refractivity contribution in [3.63, 3.8) is 0 Å². The molecule has 0 aromatic heterocycles. The fourth-order valence-corrected chi connectivity index (χ4v) is 10.8. The number of nitrogens with zero attached hydrogens (tertiary/aromatic N) is 3. The van der Waals surface area contributed by atoms with Gasteiger partial charge in [0, 0.05) is 46.7 Å². The maximum Gasteiger partial charge on any atom is 0.281 e. The Hall–Kier alpha value is -0.960. The highest BCUT2D eigenvalue weighted by molar-refractivity contribution is 7.86. The van der Waals surface area contributed by atoms with Crippen LogP contribution >= 0.6 is 0 Å². The average Bonchev–Trinajstić information content (AvgIpc) is 3.24. The van der Waals surface area contributed by atoms with Crippen LogP contribution in [0.25, 0.3) is 0 Å². The van der Waals surface area contributed by atoms with Crippen LogP contribution in [0.4, 0.5) is 0 Å². The number of aliphatic hydroxyl groups is 1. The van der Waals surface area contributed by atoms with Crippen LogP contribution in [0.1, 0.15) is 85.0 Å². The fraction of sp³-hybridized carbons (Fsp3) is 0.900. The van der Waals surface area contributed by atoms with Crippen molar-refractivity contribution in [2.45, 2.75) is 91.1 Å².